The van der Waals surface area contributed by atoms with Crippen LogP contribution >= 0.6 is 0 Å². The van der Waals surface area contributed by atoms with Crippen LogP contribution in [0.5, 0.6) is 0 Å². The predicted octanol–water partition coefficient (Wildman–Crippen LogP) is 0.714. The van der Waals surface area contributed by atoms with E-state index in [1.54, 1.807) is 18.0 Å². The van der Waals surface area contributed by atoms with Crippen molar-refractivity contribution in [1.29, 1.82) is 0 Å². The average molecular weight is 212 g/mol. The molecule has 1 aromatic rings. The highest BCUT2D eigenvalue weighted by Gasteiger charge is 2.10. The van der Waals surface area contributed by atoms with Gasteiger partial charge in [0, 0.05) is 26.1 Å². The number of nitrogens with zero attached hydrogens (tertiary/aromatic N) is 2. The number of aryl methyl sites for hydroxylation is 1. The van der Waals surface area contributed by atoms with E-state index in [9.17, 15) is 4.79 Å². The maximum absolute atomic E-state index is 11.5. The van der Waals surface area contributed by atoms with Crippen LogP contribution in [0, 0.1) is 6.92 Å². The third-order valence-corrected chi connectivity index (χ3v) is 2.05. The van der Waals surface area contributed by atoms with Gasteiger partial charge in [-0.2, -0.15) is 0 Å². The standard InChI is InChI=1S/C10H16N2O3/c1-8-6-9(11-15-8)7-12(2)10(14)4-3-5-13/h6,13H,3-5,7H2,1-2H3. The largest absolute Gasteiger partial charge is 0.396 e. The molecule has 0 aliphatic rings. The third-order valence-electron chi connectivity index (χ3n) is 2.05. The SMILES string of the molecule is Cc1cc(CN(C)C(=O)CCCO)no1. The molecule has 1 aromatic heterocycles. The van der Waals surface area contributed by atoms with Crippen LogP contribution in [0.3, 0.4) is 0 Å². The summed E-state index contributed by atoms with van der Waals surface area (Å²) >= 11 is 0. The maximum Gasteiger partial charge on any atom is 0.222 e. The van der Waals surface area contributed by atoms with Crippen LogP contribution in [-0.2, 0) is 11.3 Å². The van der Waals surface area contributed by atoms with Crippen molar-refractivity contribution in [2.45, 2.75) is 26.3 Å². The first-order valence-electron chi connectivity index (χ1n) is 4.90. The molecule has 1 heterocycles. The second-order valence-corrected chi connectivity index (χ2v) is 3.51. The summed E-state index contributed by atoms with van der Waals surface area (Å²) in [6.45, 7) is 2.30. The van der Waals surface area contributed by atoms with Crippen molar-refractivity contribution in [3.05, 3.63) is 17.5 Å². The van der Waals surface area contributed by atoms with Crippen molar-refractivity contribution >= 4 is 5.91 Å². The lowest BCUT2D eigenvalue weighted by molar-refractivity contribution is -0.130. The molecule has 0 unspecified atom stereocenters. The lowest BCUT2D eigenvalue weighted by Gasteiger charge is -2.14. The van der Waals surface area contributed by atoms with Gasteiger partial charge in [-0.15, -0.1) is 0 Å². The van der Waals surface area contributed by atoms with Gasteiger partial charge in [-0.1, -0.05) is 5.16 Å². The number of aliphatic hydroxyl groups is 1. The summed E-state index contributed by atoms with van der Waals surface area (Å²) in [6.07, 6.45) is 0.866. The van der Waals surface area contributed by atoms with E-state index in [0.717, 1.165) is 11.5 Å². The second-order valence-electron chi connectivity index (χ2n) is 3.51. The lowest BCUT2D eigenvalue weighted by Crippen LogP contribution is -2.26. The summed E-state index contributed by atoms with van der Waals surface area (Å²) in [4.78, 5) is 13.0. The Bertz CT molecular complexity index is 322. The lowest BCUT2D eigenvalue weighted by atomic mass is 10.3. The number of aromatic nitrogens is 1. The highest BCUT2D eigenvalue weighted by molar-refractivity contribution is 5.75. The molecule has 0 aliphatic heterocycles. The molecule has 5 heteroatoms. The van der Waals surface area contributed by atoms with Gasteiger partial charge in [0.25, 0.3) is 0 Å². The molecule has 0 spiro atoms. The first kappa shape index (κ1) is 11.7. The van der Waals surface area contributed by atoms with Crippen molar-refractivity contribution in [3.8, 4) is 0 Å². The first-order chi connectivity index (χ1) is 7.13. The average Bonchev–Trinajstić information content (AvgIpc) is 2.60. The normalized spacial score (nSPS) is 10.3. The number of hydrogen-bond donors (Lipinski definition) is 1. The number of carbonyl (C=O) groups is 1. The maximum atomic E-state index is 11.5. The Morgan fingerprint density at radius 1 is 1.67 bits per heavy atom. The van der Waals surface area contributed by atoms with Gasteiger partial charge in [0.15, 0.2) is 0 Å². The fraction of sp³-hybridized carbons (Fsp3) is 0.600. The highest BCUT2D eigenvalue weighted by Crippen LogP contribution is 2.05. The minimum atomic E-state index is 0.00435. The fourth-order valence-corrected chi connectivity index (χ4v) is 1.24. The Kier molecular flexibility index (Phi) is 4.30. The molecule has 0 radical (unpaired) electrons. The molecule has 1 rings (SSSR count). The zero-order valence-corrected chi connectivity index (χ0v) is 9.06. The molecule has 0 saturated heterocycles. The number of carbonyl (C=O) groups excluding carboxylic acids is 1. The number of aliphatic hydroxyl groups excluding tert-OH is 1. The Morgan fingerprint density at radius 3 is 2.93 bits per heavy atom. The van der Waals surface area contributed by atoms with Crippen LogP contribution in [0.4, 0.5) is 0 Å². The van der Waals surface area contributed by atoms with E-state index in [0.29, 0.717) is 19.4 Å². The molecular weight excluding hydrogens is 196 g/mol. The van der Waals surface area contributed by atoms with Gasteiger partial charge in [0.1, 0.15) is 11.5 Å². The summed E-state index contributed by atoms with van der Waals surface area (Å²) in [6, 6.07) is 1.80. The number of hydrogen-bond acceptors (Lipinski definition) is 4. The van der Waals surface area contributed by atoms with Crippen LogP contribution in [0.2, 0.25) is 0 Å². The molecule has 0 bridgehead atoms. The van der Waals surface area contributed by atoms with Crippen LogP contribution in [0.25, 0.3) is 0 Å². The summed E-state index contributed by atoms with van der Waals surface area (Å²) in [7, 11) is 1.71. The number of amides is 1. The predicted molar refractivity (Wildman–Crippen MR) is 54.0 cm³/mol. The van der Waals surface area contributed by atoms with E-state index in [4.69, 9.17) is 9.63 Å². The highest BCUT2D eigenvalue weighted by atomic mass is 16.5. The van der Waals surface area contributed by atoms with Crippen LogP contribution < -0.4 is 0 Å². The monoisotopic (exact) mass is 212 g/mol. The van der Waals surface area contributed by atoms with Gasteiger partial charge >= 0.3 is 0 Å². The zero-order valence-electron chi connectivity index (χ0n) is 9.06. The molecule has 0 aliphatic carbocycles. The van der Waals surface area contributed by atoms with Crippen molar-refractivity contribution in [2.75, 3.05) is 13.7 Å². The fourth-order valence-electron chi connectivity index (χ4n) is 1.24. The quantitative estimate of drug-likeness (QED) is 0.780. The van der Waals surface area contributed by atoms with Crippen molar-refractivity contribution < 1.29 is 14.4 Å². The third kappa shape index (κ3) is 3.71. The molecular formula is C10H16N2O3. The summed E-state index contributed by atoms with van der Waals surface area (Å²) < 4.78 is 4.90. The van der Waals surface area contributed by atoms with E-state index in [1.165, 1.54) is 0 Å². The summed E-state index contributed by atoms with van der Waals surface area (Å²) in [5.41, 5.74) is 0.743. The molecule has 0 saturated carbocycles. The van der Waals surface area contributed by atoms with Gasteiger partial charge in [-0.25, -0.2) is 0 Å². The summed E-state index contributed by atoms with van der Waals surface area (Å²) in [5, 5.41) is 12.4. The number of rotatable bonds is 5. The smallest absolute Gasteiger partial charge is 0.222 e. The molecule has 1 N–H and O–H groups in total. The molecule has 15 heavy (non-hydrogen) atoms. The Labute approximate surface area is 88.7 Å². The minimum absolute atomic E-state index is 0.00435. The van der Waals surface area contributed by atoms with E-state index in [-0.39, 0.29) is 12.5 Å². The van der Waals surface area contributed by atoms with Crippen LogP contribution in [-0.4, -0.2) is 34.7 Å². The van der Waals surface area contributed by atoms with Gasteiger partial charge in [0.2, 0.25) is 5.91 Å². The molecule has 84 valence electrons. The minimum Gasteiger partial charge on any atom is -0.396 e. The van der Waals surface area contributed by atoms with Crippen molar-refractivity contribution in [3.63, 3.8) is 0 Å². The zero-order chi connectivity index (χ0) is 11.3. The molecule has 0 aromatic carbocycles. The van der Waals surface area contributed by atoms with Crippen molar-refractivity contribution in [2.24, 2.45) is 0 Å². The Morgan fingerprint density at radius 2 is 2.40 bits per heavy atom. The first-order valence-corrected chi connectivity index (χ1v) is 4.90. The topological polar surface area (TPSA) is 66.6 Å². The van der Waals surface area contributed by atoms with Gasteiger partial charge in [0.05, 0.1) is 6.54 Å². The molecule has 0 atom stereocenters. The van der Waals surface area contributed by atoms with Gasteiger partial charge in [-0.3, -0.25) is 4.79 Å². The molecule has 5 nitrogen and oxygen atoms in total. The van der Waals surface area contributed by atoms with E-state index in [1.807, 2.05) is 6.92 Å². The molecule has 1 amide bonds. The molecule has 0 fully saturated rings. The van der Waals surface area contributed by atoms with Crippen LogP contribution in [0.1, 0.15) is 24.3 Å². The second kappa shape index (κ2) is 5.50. The van der Waals surface area contributed by atoms with Gasteiger partial charge in [-0.05, 0) is 13.3 Å². The van der Waals surface area contributed by atoms with Gasteiger partial charge < -0.3 is 14.5 Å². The van der Waals surface area contributed by atoms with Crippen LogP contribution in [0.15, 0.2) is 10.6 Å². The van der Waals surface area contributed by atoms with E-state index >= 15 is 0 Å². The Hall–Kier alpha value is -1.36. The van der Waals surface area contributed by atoms with E-state index in [2.05, 4.69) is 5.16 Å². The Balaban J connectivity index is 2.41. The summed E-state index contributed by atoms with van der Waals surface area (Å²) in [5.74, 6) is 0.742. The van der Waals surface area contributed by atoms with E-state index < -0.39 is 0 Å². The van der Waals surface area contributed by atoms with Crippen molar-refractivity contribution in [1.82, 2.24) is 10.1 Å².